The van der Waals surface area contributed by atoms with E-state index in [9.17, 15) is 9.59 Å². The summed E-state index contributed by atoms with van der Waals surface area (Å²) in [6.07, 6.45) is 7.93. The van der Waals surface area contributed by atoms with E-state index in [1.165, 1.54) is 18.4 Å². The van der Waals surface area contributed by atoms with Crippen LogP contribution >= 0.6 is 0 Å². The second kappa shape index (κ2) is 11.7. The molecular weight excluding hydrogens is 384 g/mol. The molecule has 0 fully saturated rings. The molecule has 0 aromatic heterocycles. The summed E-state index contributed by atoms with van der Waals surface area (Å²) in [5, 5.41) is 2.91. The Kier molecular flexibility index (Phi) is 10.4. The number of ether oxygens (including phenoxy) is 1. The Morgan fingerprint density at radius 3 is 2.48 bits per heavy atom. The summed E-state index contributed by atoms with van der Waals surface area (Å²) >= 11 is 0. The molecule has 2 amide bonds. The monoisotopic (exact) mass is 426 g/mol. The highest BCUT2D eigenvalue weighted by molar-refractivity contribution is 6.74. The van der Waals surface area contributed by atoms with Gasteiger partial charge in [0.2, 0.25) is 0 Å². The summed E-state index contributed by atoms with van der Waals surface area (Å²) in [4.78, 5) is 26.5. The summed E-state index contributed by atoms with van der Waals surface area (Å²) < 4.78 is 11.3. The first-order valence-corrected chi connectivity index (χ1v) is 13.9. The van der Waals surface area contributed by atoms with Gasteiger partial charge in [0.25, 0.3) is 0 Å². The molecule has 0 spiro atoms. The predicted octanol–water partition coefficient (Wildman–Crippen LogP) is 4.86. The zero-order valence-electron chi connectivity index (χ0n) is 19.6. The Morgan fingerprint density at radius 1 is 1.24 bits per heavy atom. The van der Waals surface area contributed by atoms with Crippen LogP contribution in [-0.2, 0) is 14.0 Å². The zero-order valence-corrected chi connectivity index (χ0v) is 20.6. The summed E-state index contributed by atoms with van der Waals surface area (Å²) in [5.41, 5.74) is 1.43. The number of carbonyl (C=O) groups is 2. The molecule has 0 unspecified atom stereocenters. The number of rotatable bonds is 10. The smallest absolute Gasteiger partial charge is 0.328 e. The van der Waals surface area contributed by atoms with Gasteiger partial charge >= 0.3 is 12.0 Å². The molecule has 0 saturated carbocycles. The van der Waals surface area contributed by atoms with Crippen molar-refractivity contribution in [2.24, 2.45) is 0 Å². The SMILES string of the molecule is CCOC(=O)[C@H](C)NC(=O)N(CCO[Si](C)(C)C(C)(C)C)CCC1=CCCCC1. The normalized spacial score (nSPS) is 16.0. The van der Waals surface area contributed by atoms with Gasteiger partial charge in [0.1, 0.15) is 6.04 Å². The molecule has 7 heteroatoms. The highest BCUT2D eigenvalue weighted by Gasteiger charge is 2.37. The van der Waals surface area contributed by atoms with Crippen LogP contribution in [0.15, 0.2) is 11.6 Å². The van der Waals surface area contributed by atoms with Gasteiger partial charge < -0.3 is 19.4 Å². The average molecular weight is 427 g/mol. The molecule has 0 aliphatic heterocycles. The lowest BCUT2D eigenvalue weighted by atomic mass is 9.97. The Bertz CT molecular complexity index is 570. The molecule has 0 radical (unpaired) electrons. The van der Waals surface area contributed by atoms with Crippen molar-refractivity contribution in [1.82, 2.24) is 10.2 Å². The van der Waals surface area contributed by atoms with E-state index in [1.807, 2.05) is 0 Å². The molecule has 168 valence electrons. The van der Waals surface area contributed by atoms with E-state index in [-0.39, 0.29) is 11.1 Å². The highest BCUT2D eigenvalue weighted by Crippen LogP contribution is 2.36. The molecule has 1 N–H and O–H groups in total. The summed E-state index contributed by atoms with van der Waals surface area (Å²) in [5.74, 6) is -0.409. The molecule has 1 aliphatic carbocycles. The topological polar surface area (TPSA) is 67.9 Å². The Labute approximate surface area is 178 Å². The van der Waals surface area contributed by atoms with E-state index in [0.29, 0.717) is 26.3 Å². The van der Waals surface area contributed by atoms with Gasteiger partial charge in [0.05, 0.1) is 13.2 Å². The van der Waals surface area contributed by atoms with Crippen LogP contribution in [0.1, 0.15) is 66.7 Å². The van der Waals surface area contributed by atoms with E-state index >= 15 is 0 Å². The Hall–Kier alpha value is -1.34. The average Bonchev–Trinajstić information content (AvgIpc) is 2.64. The molecule has 0 saturated heterocycles. The first-order valence-electron chi connectivity index (χ1n) is 11.0. The van der Waals surface area contributed by atoms with Crippen molar-refractivity contribution in [3.63, 3.8) is 0 Å². The van der Waals surface area contributed by atoms with E-state index in [1.54, 1.807) is 18.7 Å². The van der Waals surface area contributed by atoms with Crippen molar-refractivity contribution in [2.75, 3.05) is 26.3 Å². The number of hydrogen-bond acceptors (Lipinski definition) is 4. The van der Waals surface area contributed by atoms with Crippen molar-refractivity contribution < 1.29 is 18.8 Å². The van der Waals surface area contributed by atoms with Crippen LogP contribution in [0.4, 0.5) is 4.79 Å². The van der Waals surface area contributed by atoms with Crippen molar-refractivity contribution in [3.05, 3.63) is 11.6 Å². The number of nitrogens with zero attached hydrogens (tertiary/aromatic N) is 1. The maximum Gasteiger partial charge on any atom is 0.328 e. The molecule has 0 heterocycles. The van der Waals surface area contributed by atoms with Gasteiger partial charge in [-0.15, -0.1) is 0 Å². The molecule has 0 aromatic rings. The van der Waals surface area contributed by atoms with Crippen LogP contribution < -0.4 is 5.32 Å². The molecule has 1 atom stereocenters. The Morgan fingerprint density at radius 2 is 1.93 bits per heavy atom. The number of amides is 2. The molecule has 0 aromatic carbocycles. The third-order valence-corrected chi connectivity index (χ3v) is 10.5. The number of esters is 1. The minimum absolute atomic E-state index is 0.130. The van der Waals surface area contributed by atoms with E-state index in [2.05, 4.69) is 45.3 Å². The largest absolute Gasteiger partial charge is 0.464 e. The summed E-state index contributed by atoms with van der Waals surface area (Å²) in [6.45, 7) is 16.4. The van der Waals surface area contributed by atoms with Gasteiger partial charge in [-0.25, -0.2) is 9.59 Å². The van der Waals surface area contributed by atoms with Crippen molar-refractivity contribution in [2.45, 2.75) is 90.9 Å². The van der Waals surface area contributed by atoms with Gasteiger partial charge in [-0.3, -0.25) is 0 Å². The number of carbonyl (C=O) groups excluding carboxylic acids is 2. The maximum atomic E-state index is 12.8. The minimum atomic E-state index is -1.87. The lowest BCUT2D eigenvalue weighted by Crippen LogP contribution is -2.49. The van der Waals surface area contributed by atoms with E-state index < -0.39 is 20.3 Å². The number of hydrogen-bond donors (Lipinski definition) is 1. The maximum absolute atomic E-state index is 12.8. The molecular formula is C22H42N2O4Si. The first kappa shape index (κ1) is 25.7. The van der Waals surface area contributed by atoms with Crippen LogP contribution in [0.2, 0.25) is 18.1 Å². The van der Waals surface area contributed by atoms with Crippen LogP contribution in [0.3, 0.4) is 0 Å². The van der Waals surface area contributed by atoms with Gasteiger partial charge in [0, 0.05) is 13.1 Å². The summed E-state index contributed by atoms with van der Waals surface area (Å²) in [7, 11) is -1.87. The Balaban J connectivity index is 2.70. The fraction of sp³-hybridized carbons (Fsp3) is 0.818. The second-order valence-electron chi connectivity index (χ2n) is 9.38. The number of urea groups is 1. The molecule has 6 nitrogen and oxygen atoms in total. The fourth-order valence-electron chi connectivity index (χ4n) is 2.96. The van der Waals surface area contributed by atoms with Crippen molar-refractivity contribution in [1.29, 1.82) is 0 Å². The van der Waals surface area contributed by atoms with Gasteiger partial charge in [-0.1, -0.05) is 32.4 Å². The highest BCUT2D eigenvalue weighted by atomic mass is 28.4. The van der Waals surface area contributed by atoms with Gasteiger partial charge in [-0.2, -0.15) is 0 Å². The minimum Gasteiger partial charge on any atom is -0.464 e. The van der Waals surface area contributed by atoms with E-state index in [0.717, 1.165) is 19.3 Å². The quantitative estimate of drug-likeness (QED) is 0.308. The molecule has 0 bridgehead atoms. The fourth-order valence-corrected chi connectivity index (χ4v) is 3.99. The number of nitrogens with one attached hydrogen (secondary N) is 1. The van der Waals surface area contributed by atoms with Crippen LogP contribution in [0.25, 0.3) is 0 Å². The number of allylic oxidation sites excluding steroid dienone is 1. The second-order valence-corrected chi connectivity index (χ2v) is 14.2. The molecule has 1 rings (SSSR count). The third kappa shape index (κ3) is 8.91. The van der Waals surface area contributed by atoms with E-state index in [4.69, 9.17) is 9.16 Å². The molecule has 29 heavy (non-hydrogen) atoms. The van der Waals surface area contributed by atoms with Crippen LogP contribution in [-0.4, -0.2) is 57.6 Å². The zero-order chi connectivity index (χ0) is 22.1. The van der Waals surface area contributed by atoms with Crippen molar-refractivity contribution in [3.8, 4) is 0 Å². The van der Waals surface area contributed by atoms with Crippen LogP contribution in [0.5, 0.6) is 0 Å². The van der Waals surface area contributed by atoms with Gasteiger partial charge in [0.15, 0.2) is 8.32 Å². The summed E-state index contributed by atoms with van der Waals surface area (Å²) in [6, 6.07) is -0.902. The third-order valence-electron chi connectivity index (χ3n) is 5.99. The van der Waals surface area contributed by atoms with Crippen LogP contribution in [0, 0.1) is 0 Å². The van der Waals surface area contributed by atoms with Crippen molar-refractivity contribution >= 4 is 20.3 Å². The lowest BCUT2D eigenvalue weighted by molar-refractivity contribution is -0.144. The predicted molar refractivity (Wildman–Crippen MR) is 121 cm³/mol. The molecule has 1 aliphatic rings. The standard InChI is InChI=1S/C22H42N2O4Si/c1-8-27-20(25)18(2)23-21(26)24(15-14-19-12-10-9-11-13-19)16-17-28-29(6,7)22(3,4)5/h12,18H,8-11,13-17H2,1-7H3,(H,23,26)/t18-/m0/s1. The lowest BCUT2D eigenvalue weighted by Gasteiger charge is -2.37. The first-order chi connectivity index (χ1) is 13.5. The van der Waals surface area contributed by atoms with Gasteiger partial charge in [-0.05, 0) is 64.1 Å².